The van der Waals surface area contributed by atoms with Gasteiger partial charge in [0.2, 0.25) is 0 Å². The lowest BCUT2D eigenvalue weighted by Gasteiger charge is -2.13. The van der Waals surface area contributed by atoms with Gasteiger partial charge < -0.3 is 10.5 Å². The van der Waals surface area contributed by atoms with Crippen LogP contribution in [0.2, 0.25) is 0 Å². The number of halogens is 2. The first-order chi connectivity index (χ1) is 10.0. The van der Waals surface area contributed by atoms with Crippen molar-refractivity contribution in [1.82, 2.24) is 10.3 Å². The molecule has 21 heavy (non-hydrogen) atoms. The van der Waals surface area contributed by atoms with Crippen LogP contribution < -0.4 is 10.5 Å². The highest BCUT2D eigenvalue weighted by atomic mass is 79.9. The van der Waals surface area contributed by atoms with Gasteiger partial charge in [0.1, 0.15) is 23.7 Å². The Labute approximate surface area is 140 Å². The van der Waals surface area contributed by atoms with Crippen LogP contribution >= 0.6 is 31.9 Å². The van der Waals surface area contributed by atoms with Crippen molar-refractivity contribution in [3.05, 3.63) is 38.0 Å². The molecule has 2 aromatic rings. The van der Waals surface area contributed by atoms with Crippen LogP contribution in [0.15, 0.2) is 25.7 Å². The number of ether oxygens (including phenoxy) is 1. The molecule has 5 nitrogen and oxygen atoms in total. The molecule has 0 amide bonds. The van der Waals surface area contributed by atoms with Crippen LogP contribution in [0.25, 0.3) is 0 Å². The van der Waals surface area contributed by atoms with Gasteiger partial charge in [-0.2, -0.15) is 0 Å². The van der Waals surface area contributed by atoms with Gasteiger partial charge in [-0.3, -0.25) is 0 Å². The van der Waals surface area contributed by atoms with Gasteiger partial charge in [-0.05, 0) is 69.3 Å². The van der Waals surface area contributed by atoms with Gasteiger partial charge >= 0.3 is 0 Å². The van der Waals surface area contributed by atoms with Crippen LogP contribution in [0.3, 0.4) is 0 Å². The van der Waals surface area contributed by atoms with E-state index in [9.17, 15) is 0 Å². The van der Waals surface area contributed by atoms with E-state index < -0.39 is 0 Å². The van der Waals surface area contributed by atoms with Crippen LogP contribution in [-0.2, 0) is 13.0 Å². The Balaban J connectivity index is 2.11. The van der Waals surface area contributed by atoms with Gasteiger partial charge in [-0.1, -0.05) is 17.2 Å². The molecule has 1 aromatic heterocycles. The molecule has 1 heterocycles. The Morgan fingerprint density at radius 2 is 1.95 bits per heavy atom. The molecule has 0 spiro atoms. The molecule has 0 aliphatic heterocycles. The monoisotopic (exact) mass is 417 g/mol. The van der Waals surface area contributed by atoms with E-state index in [0.717, 1.165) is 38.8 Å². The van der Waals surface area contributed by atoms with Crippen molar-refractivity contribution < 1.29 is 9.37 Å². The number of rotatable bonds is 6. The van der Waals surface area contributed by atoms with Crippen LogP contribution in [0.4, 0.5) is 0 Å². The quantitative estimate of drug-likeness (QED) is 0.772. The lowest BCUT2D eigenvalue weighted by atomic mass is 10.0. The average Bonchev–Trinajstić information content (AvgIpc) is 2.83. The SMILES string of the molecule is CCC(N)Cc1cc(Br)c(OCc2nonc2C)c(Br)c1. The highest BCUT2D eigenvalue weighted by molar-refractivity contribution is 9.11. The maximum absolute atomic E-state index is 6.00. The molecule has 0 saturated heterocycles. The molecule has 0 saturated carbocycles. The summed E-state index contributed by atoms with van der Waals surface area (Å²) in [4.78, 5) is 0. The Hall–Kier alpha value is -0.920. The second kappa shape index (κ2) is 7.38. The number of aromatic nitrogens is 2. The fraction of sp³-hybridized carbons (Fsp3) is 0.429. The predicted octanol–water partition coefficient (Wildman–Crippen LogP) is 3.76. The zero-order chi connectivity index (χ0) is 15.4. The van der Waals surface area contributed by atoms with E-state index in [1.54, 1.807) is 0 Å². The van der Waals surface area contributed by atoms with Gasteiger partial charge in [0.05, 0.1) is 8.95 Å². The lowest BCUT2D eigenvalue weighted by molar-refractivity contribution is 0.268. The van der Waals surface area contributed by atoms with Crippen molar-refractivity contribution >= 4 is 31.9 Å². The number of hydrogen-bond donors (Lipinski definition) is 1. The van der Waals surface area contributed by atoms with Gasteiger partial charge in [0, 0.05) is 6.04 Å². The number of benzene rings is 1. The van der Waals surface area contributed by atoms with Gasteiger partial charge in [0.15, 0.2) is 0 Å². The first-order valence-electron chi connectivity index (χ1n) is 6.65. The van der Waals surface area contributed by atoms with Gasteiger partial charge in [0.25, 0.3) is 0 Å². The van der Waals surface area contributed by atoms with Crippen LogP contribution in [-0.4, -0.2) is 16.4 Å². The third-order valence-corrected chi connectivity index (χ3v) is 4.36. The molecule has 7 heteroatoms. The number of nitrogens with zero attached hydrogens (tertiary/aromatic N) is 2. The Morgan fingerprint density at radius 3 is 2.48 bits per heavy atom. The second-order valence-corrected chi connectivity index (χ2v) is 6.55. The van der Waals surface area contributed by atoms with E-state index in [2.05, 4.69) is 53.7 Å². The minimum absolute atomic E-state index is 0.166. The summed E-state index contributed by atoms with van der Waals surface area (Å²) in [7, 11) is 0. The van der Waals surface area contributed by atoms with Gasteiger partial charge in [-0.25, -0.2) is 4.63 Å². The Kier molecular flexibility index (Phi) is 5.78. The van der Waals surface area contributed by atoms with Crippen LogP contribution in [0.1, 0.15) is 30.3 Å². The van der Waals surface area contributed by atoms with Crippen molar-refractivity contribution in [2.45, 2.75) is 39.3 Å². The Morgan fingerprint density at radius 1 is 1.29 bits per heavy atom. The fourth-order valence-corrected chi connectivity index (χ4v) is 3.35. The minimum atomic E-state index is 0.166. The third kappa shape index (κ3) is 4.28. The smallest absolute Gasteiger partial charge is 0.148 e. The largest absolute Gasteiger partial charge is 0.485 e. The van der Waals surface area contributed by atoms with Crippen molar-refractivity contribution in [3.63, 3.8) is 0 Å². The molecule has 0 bridgehead atoms. The molecule has 1 unspecified atom stereocenters. The van der Waals surface area contributed by atoms with E-state index in [4.69, 9.17) is 10.5 Å². The molecular weight excluding hydrogens is 402 g/mol. The van der Waals surface area contributed by atoms with Gasteiger partial charge in [-0.15, -0.1) is 0 Å². The zero-order valence-corrected chi connectivity index (χ0v) is 15.1. The molecule has 0 aliphatic carbocycles. The summed E-state index contributed by atoms with van der Waals surface area (Å²) in [6.07, 6.45) is 1.78. The molecule has 0 fully saturated rings. The third-order valence-electron chi connectivity index (χ3n) is 3.18. The summed E-state index contributed by atoms with van der Waals surface area (Å²) in [5, 5.41) is 7.53. The molecule has 1 aromatic carbocycles. The van der Waals surface area contributed by atoms with Crippen LogP contribution in [0.5, 0.6) is 5.75 Å². The zero-order valence-electron chi connectivity index (χ0n) is 11.9. The maximum Gasteiger partial charge on any atom is 0.148 e. The van der Waals surface area contributed by atoms with E-state index >= 15 is 0 Å². The standard InChI is InChI=1S/C14H17Br2N3O2/c1-3-10(17)4-9-5-11(15)14(12(16)6-9)20-7-13-8(2)18-21-19-13/h5-6,10H,3-4,7,17H2,1-2H3. The molecule has 114 valence electrons. The summed E-state index contributed by atoms with van der Waals surface area (Å²) in [6.45, 7) is 4.22. The molecule has 2 N–H and O–H groups in total. The fourth-order valence-electron chi connectivity index (χ4n) is 1.84. The van der Waals surface area contributed by atoms with E-state index in [0.29, 0.717) is 12.3 Å². The summed E-state index contributed by atoms with van der Waals surface area (Å²) in [6, 6.07) is 4.23. The highest BCUT2D eigenvalue weighted by Gasteiger charge is 2.13. The molecule has 2 rings (SSSR count). The minimum Gasteiger partial charge on any atom is -0.485 e. The topological polar surface area (TPSA) is 74.2 Å². The summed E-state index contributed by atoms with van der Waals surface area (Å²) in [5.41, 5.74) is 8.57. The second-order valence-electron chi connectivity index (χ2n) is 4.85. The molecule has 0 aliphatic rings. The molecule has 0 radical (unpaired) electrons. The molecule has 1 atom stereocenters. The van der Waals surface area contributed by atoms with Crippen LogP contribution in [0, 0.1) is 6.92 Å². The Bertz CT molecular complexity index is 593. The average molecular weight is 419 g/mol. The van der Waals surface area contributed by atoms with E-state index in [1.165, 1.54) is 0 Å². The predicted molar refractivity (Wildman–Crippen MR) is 87.2 cm³/mol. The lowest BCUT2D eigenvalue weighted by Crippen LogP contribution is -2.21. The van der Waals surface area contributed by atoms with E-state index in [1.807, 2.05) is 19.1 Å². The van der Waals surface area contributed by atoms with Crippen molar-refractivity contribution in [3.8, 4) is 5.75 Å². The summed E-state index contributed by atoms with van der Waals surface area (Å²) in [5.74, 6) is 0.728. The first kappa shape index (κ1) is 16.5. The number of hydrogen-bond acceptors (Lipinski definition) is 5. The van der Waals surface area contributed by atoms with E-state index in [-0.39, 0.29) is 6.04 Å². The maximum atomic E-state index is 6.00. The van der Waals surface area contributed by atoms with Crippen molar-refractivity contribution in [2.75, 3.05) is 0 Å². The highest BCUT2D eigenvalue weighted by Crippen LogP contribution is 2.35. The first-order valence-corrected chi connectivity index (χ1v) is 8.24. The molecular formula is C14H17Br2N3O2. The number of nitrogens with two attached hydrogens (primary N) is 1. The van der Waals surface area contributed by atoms with Crippen molar-refractivity contribution in [2.24, 2.45) is 5.73 Å². The summed E-state index contributed by atoms with van der Waals surface area (Å²) >= 11 is 7.07. The normalized spacial score (nSPS) is 12.4. The number of aryl methyl sites for hydroxylation is 1. The summed E-state index contributed by atoms with van der Waals surface area (Å²) < 4.78 is 12.2. The van der Waals surface area contributed by atoms with Crippen molar-refractivity contribution in [1.29, 1.82) is 0 Å².